The fourth-order valence-corrected chi connectivity index (χ4v) is 17.8. The van der Waals surface area contributed by atoms with Crippen LogP contribution in [0.1, 0.15) is 25.7 Å². The van der Waals surface area contributed by atoms with E-state index in [1.165, 1.54) is 48.5 Å². The molecule has 4 aromatic carbocycles. The number of fused-ring (bicyclic) bond motifs is 20. The molecule has 1 radical (unpaired) electrons. The van der Waals surface area contributed by atoms with Gasteiger partial charge in [0.2, 0.25) is 0 Å². The first-order chi connectivity index (χ1) is 37.1. The monoisotopic (exact) mass is 1410 g/mol. The molecule has 0 fully saturated rings. The molecule has 0 aliphatic carbocycles. The van der Waals surface area contributed by atoms with Crippen LogP contribution in [0.5, 0.6) is 0 Å². The van der Waals surface area contributed by atoms with Crippen LogP contribution in [0.25, 0.3) is 90.4 Å². The minimum absolute atomic E-state index is 0. The normalized spacial score (nSPS) is 12.8. The fourth-order valence-electron chi connectivity index (χ4n) is 8.90. The molecular weight excluding hydrogens is 1370 g/mol. The van der Waals surface area contributed by atoms with Crippen molar-refractivity contribution in [2.45, 2.75) is 45.3 Å². The summed E-state index contributed by atoms with van der Waals surface area (Å²) in [5.74, 6) is -10.8. The van der Waals surface area contributed by atoms with Gasteiger partial charge in [-0.1, -0.05) is 48.5 Å². The largest absolute Gasteiger partial charge is 2.00 e. The molecule has 9 rings (SSSR count). The molecule has 0 amide bonds. The van der Waals surface area contributed by atoms with Crippen LogP contribution in [0.15, 0.2) is 92.4 Å². The summed E-state index contributed by atoms with van der Waals surface area (Å²) in [5.41, 5.74) is -2.36. The van der Waals surface area contributed by atoms with Crippen molar-refractivity contribution in [3.05, 3.63) is 72.8 Å². The second-order valence-corrected chi connectivity index (χ2v) is 32.3. The molecule has 0 atom stereocenters. The van der Waals surface area contributed by atoms with Gasteiger partial charge in [0.25, 0.3) is 0 Å². The van der Waals surface area contributed by atoms with E-state index >= 15 is 0 Å². The fraction of sp³-hybridized carbons (Fsp3) is 0.273. The number of benzene rings is 4. The minimum atomic E-state index is -4.90. The van der Waals surface area contributed by atoms with Gasteiger partial charge in [-0.15, -0.1) is 11.3 Å². The summed E-state index contributed by atoms with van der Waals surface area (Å²) in [6.07, 6.45) is -2.67. The number of aromatic nitrogens is 8. The Morgan fingerprint density at radius 1 is 0.341 bits per heavy atom. The Kier molecular flexibility index (Phi) is 25.3. The van der Waals surface area contributed by atoms with Gasteiger partial charge in [-0.2, -0.15) is 0 Å². The molecule has 5 heterocycles. The Morgan fingerprint density at radius 2 is 0.647 bits per heavy atom. The molecule has 6 aromatic rings. The topological polar surface area (TPSA) is 471 Å². The van der Waals surface area contributed by atoms with Crippen molar-refractivity contribution >= 4 is 102 Å². The zero-order valence-corrected chi connectivity index (χ0v) is 60.2. The molecule has 2 aromatic heterocycles. The van der Waals surface area contributed by atoms with Gasteiger partial charge >= 0.3 is 135 Å². The van der Waals surface area contributed by atoms with Crippen LogP contribution in [0, 0.1) is 0 Å². The molecular formula is C44H36CuN8Na4O20S8. The van der Waals surface area contributed by atoms with Crippen LogP contribution in [-0.2, 0) is 96.9 Å². The van der Waals surface area contributed by atoms with Crippen LogP contribution in [0.2, 0.25) is 0 Å². The van der Waals surface area contributed by atoms with Gasteiger partial charge in [-0.25, -0.2) is 92.3 Å². The van der Waals surface area contributed by atoms with Crippen LogP contribution in [0.3, 0.4) is 0 Å². The SMILES string of the molecule is O=S(=O)([O-])CCCS(=O)(=O)c1cccc2c1-c1nc3nc(nc4[n-]c([n-]c5nc(nc-2n1)-c1c-5cccc1S(=O)(=O)CCCS(=O)(=O)[O-])c1c(S(=O)(=O)CCCS(=O)(=O)[O-])cccc41)-c1c-3cccc1S(=O)(=O)CCCS(=O)(=O)[O-].[Cu+2].[Na+].[Na+].[Na+].[Na+]. The summed E-state index contributed by atoms with van der Waals surface area (Å²) < 4.78 is 252. The predicted octanol–water partition coefficient (Wildman–Crippen LogP) is -11.1. The van der Waals surface area contributed by atoms with Crippen molar-refractivity contribution in [1.82, 2.24) is 39.9 Å². The molecule has 0 saturated heterocycles. The van der Waals surface area contributed by atoms with Crippen molar-refractivity contribution in [3.63, 3.8) is 0 Å². The van der Waals surface area contributed by atoms with Crippen LogP contribution < -0.4 is 128 Å². The average Bonchev–Trinajstić information content (AvgIpc) is 3.53. The molecule has 435 valence electrons. The zero-order chi connectivity index (χ0) is 58.2. The maximum absolute atomic E-state index is 14.2. The van der Waals surface area contributed by atoms with Gasteiger partial charge in [0, 0.05) is 68.0 Å². The second kappa shape index (κ2) is 28.4. The number of hydrogen-bond acceptors (Lipinski definition) is 26. The van der Waals surface area contributed by atoms with E-state index in [2.05, 4.69) is 39.9 Å². The summed E-state index contributed by atoms with van der Waals surface area (Å²) >= 11 is 0. The van der Waals surface area contributed by atoms with Crippen molar-refractivity contribution < 1.29 is 221 Å². The van der Waals surface area contributed by atoms with Crippen molar-refractivity contribution in [3.8, 4) is 68.3 Å². The van der Waals surface area contributed by atoms with E-state index in [-0.39, 0.29) is 179 Å². The summed E-state index contributed by atoms with van der Waals surface area (Å²) in [5, 5.41) is -0.467. The summed E-state index contributed by atoms with van der Waals surface area (Å²) in [6, 6.07) is 14.6. The van der Waals surface area contributed by atoms with Gasteiger partial charge in [0.15, 0.2) is 62.6 Å². The summed E-state index contributed by atoms with van der Waals surface area (Å²) in [7, 11) is -38.0. The van der Waals surface area contributed by atoms with Crippen LogP contribution in [0.4, 0.5) is 0 Å². The molecule has 41 heteroatoms. The average molecular weight is 1410 g/mol. The molecule has 3 aliphatic rings. The van der Waals surface area contributed by atoms with E-state index in [4.69, 9.17) is 0 Å². The molecule has 0 spiro atoms. The minimum Gasteiger partial charge on any atom is -0.748 e. The van der Waals surface area contributed by atoms with Gasteiger partial charge in [-0.3, -0.25) is 0 Å². The Balaban J connectivity index is 0.00000310. The Hall–Kier alpha value is -1.80. The van der Waals surface area contributed by atoms with Gasteiger partial charge < -0.3 is 33.2 Å². The third kappa shape index (κ3) is 17.4. The van der Waals surface area contributed by atoms with Crippen molar-refractivity contribution in [1.29, 1.82) is 0 Å². The van der Waals surface area contributed by atoms with Crippen LogP contribution in [-0.4, -0.2) is 161 Å². The maximum Gasteiger partial charge on any atom is 2.00 e. The van der Waals surface area contributed by atoms with Crippen LogP contribution >= 0.6 is 0 Å². The number of sulfone groups is 4. The number of nitrogens with zero attached hydrogens (tertiary/aromatic N) is 8. The number of rotatable bonds is 20. The van der Waals surface area contributed by atoms with Gasteiger partial charge in [0.1, 0.15) is 0 Å². The maximum atomic E-state index is 14.2. The molecule has 28 nitrogen and oxygen atoms in total. The van der Waals surface area contributed by atoms with E-state index in [0.717, 1.165) is 24.3 Å². The molecule has 0 saturated carbocycles. The predicted molar refractivity (Wildman–Crippen MR) is 277 cm³/mol. The Morgan fingerprint density at radius 3 is 1.02 bits per heavy atom. The second-order valence-electron chi connectivity index (χ2n) is 17.9. The standard InChI is InChI=1S/C44H40N8O20S8.Cu.4Na/c53-73(54,17-5-21-77(61,62)63)29-13-1-9-25-33(29)41-45-37(25)49-42-34-26(10-2-14-30(34)74(55,56)18-6-22-78(64,65)66)39(46-42)51-44-36-28(12-4-16-32(36)76(59,60)20-8-24-80(70,71)72)40(48-44)52-43-35-27(38(47-43)50-41)11-3-15-31(35)75(57,58)19-7-23-79(67,68)69;;;;;/h1-4,9-16H,5-8,17-24H2,(H4-2,45,46,47,48,49,50,51,52,61,62,63,64,65,66,67,68,69,70,71,72);;;;;/q-2;+2;4*+1/p-4. The molecule has 3 aliphatic heterocycles. The van der Waals surface area contributed by atoms with Crippen molar-refractivity contribution in [2.75, 3.05) is 46.0 Å². The van der Waals surface area contributed by atoms with E-state index in [9.17, 15) is 85.6 Å². The molecule has 0 unspecified atom stereocenters. The zero-order valence-electron chi connectivity index (χ0n) is 44.7. The first kappa shape index (κ1) is 75.7. The molecule has 0 N–H and O–H groups in total. The van der Waals surface area contributed by atoms with Crippen molar-refractivity contribution in [2.24, 2.45) is 0 Å². The third-order valence-electron chi connectivity index (χ3n) is 12.2. The molecule has 85 heavy (non-hydrogen) atoms. The van der Waals surface area contributed by atoms with E-state index in [1.54, 1.807) is 0 Å². The first-order valence-electron chi connectivity index (χ1n) is 23.0. The smallest absolute Gasteiger partial charge is 0.748 e. The Labute approximate surface area is 586 Å². The molecule has 8 bridgehead atoms. The Bertz CT molecular complexity index is 4830. The third-order valence-corrected chi connectivity index (χ3v) is 22.7. The van der Waals surface area contributed by atoms with E-state index in [0.29, 0.717) is 0 Å². The van der Waals surface area contributed by atoms with E-state index in [1.807, 2.05) is 0 Å². The van der Waals surface area contributed by atoms with Gasteiger partial charge in [-0.05, 0) is 60.7 Å². The van der Waals surface area contributed by atoms with Gasteiger partial charge in [0.05, 0.1) is 83.1 Å². The first-order valence-corrected chi connectivity index (χ1v) is 35.9. The summed E-state index contributed by atoms with van der Waals surface area (Å²) in [4.78, 5) is 34.5. The summed E-state index contributed by atoms with van der Waals surface area (Å²) in [6.45, 7) is 0. The quantitative estimate of drug-likeness (QED) is 0.0505. The number of hydrogen-bond donors (Lipinski definition) is 0. The van der Waals surface area contributed by atoms with E-state index < -0.39 is 217 Å².